The lowest BCUT2D eigenvalue weighted by atomic mass is 9.98. The summed E-state index contributed by atoms with van der Waals surface area (Å²) in [6.07, 6.45) is -4.33. The van der Waals surface area contributed by atoms with Crippen molar-refractivity contribution in [2.24, 2.45) is 0 Å². The average molecular weight is 390 g/mol. The fourth-order valence-corrected chi connectivity index (χ4v) is 3.45. The van der Waals surface area contributed by atoms with Crippen molar-refractivity contribution in [2.75, 3.05) is 13.2 Å². The van der Waals surface area contributed by atoms with Crippen LogP contribution < -0.4 is 0 Å². The molecule has 8 heteroatoms. The zero-order valence-electron chi connectivity index (χ0n) is 14.9. The van der Waals surface area contributed by atoms with Gasteiger partial charge in [-0.1, -0.05) is 24.3 Å². The summed E-state index contributed by atoms with van der Waals surface area (Å²) in [7, 11) is 0. The molecule has 150 valence electrons. The Hall–Kier alpha value is -2.20. The summed E-state index contributed by atoms with van der Waals surface area (Å²) in [6, 6.07) is 12.7. The number of phenols is 2. The van der Waals surface area contributed by atoms with Gasteiger partial charge in [-0.05, 0) is 24.3 Å². The van der Waals surface area contributed by atoms with Gasteiger partial charge in [0.1, 0.15) is 35.9 Å². The molecule has 2 saturated heterocycles. The highest BCUT2D eigenvalue weighted by Crippen LogP contribution is 2.40. The summed E-state index contributed by atoms with van der Waals surface area (Å²) in [5.74, 6) is 0.232. The summed E-state index contributed by atoms with van der Waals surface area (Å²) in [5.41, 5.74) is 1.32. The molecule has 0 spiro atoms. The molecule has 0 aliphatic carbocycles. The van der Waals surface area contributed by atoms with E-state index in [1.165, 1.54) is 24.3 Å². The molecule has 0 bridgehead atoms. The number of phenolic OH excluding ortho intramolecular Hbond substituents is 2. The van der Waals surface area contributed by atoms with Crippen LogP contribution in [0.4, 0.5) is 0 Å². The van der Waals surface area contributed by atoms with Gasteiger partial charge in [0.25, 0.3) is 0 Å². The van der Waals surface area contributed by atoms with Gasteiger partial charge in [-0.3, -0.25) is 0 Å². The molecule has 2 fully saturated rings. The van der Waals surface area contributed by atoms with Gasteiger partial charge < -0.3 is 39.4 Å². The van der Waals surface area contributed by atoms with Crippen LogP contribution in [0.15, 0.2) is 48.5 Å². The normalized spacial score (nSPS) is 32.6. The first-order chi connectivity index (χ1) is 13.6. The minimum atomic E-state index is -0.800. The number of aromatic hydroxyl groups is 2. The van der Waals surface area contributed by atoms with Gasteiger partial charge in [0.2, 0.25) is 0 Å². The van der Waals surface area contributed by atoms with Gasteiger partial charge in [0.05, 0.1) is 13.2 Å². The number of benzene rings is 2. The lowest BCUT2D eigenvalue weighted by Gasteiger charge is -2.48. The van der Waals surface area contributed by atoms with Crippen molar-refractivity contribution < 1.29 is 39.4 Å². The summed E-state index contributed by atoms with van der Waals surface area (Å²) < 4.78 is 23.7. The SMILES string of the molecule is OC[C@@H]1OC(c2ccc(O)cc2)O[C@H]2[C@@H]1OC(c1ccc(O)cc1)O[C@@H]2CO. The molecule has 2 aromatic carbocycles. The van der Waals surface area contributed by atoms with Crippen LogP contribution >= 0.6 is 0 Å². The van der Waals surface area contributed by atoms with Crippen LogP contribution in [0.5, 0.6) is 11.5 Å². The molecule has 0 saturated carbocycles. The number of aliphatic hydroxyl groups is 2. The second kappa shape index (κ2) is 8.04. The van der Waals surface area contributed by atoms with Gasteiger partial charge in [-0.15, -0.1) is 0 Å². The van der Waals surface area contributed by atoms with E-state index in [1.807, 2.05) is 0 Å². The highest BCUT2D eigenvalue weighted by atomic mass is 16.8. The third-order valence-electron chi connectivity index (χ3n) is 4.91. The Balaban J connectivity index is 1.58. The second-order valence-corrected chi connectivity index (χ2v) is 6.76. The second-order valence-electron chi connectivity index (χ2n) is 6.76. The molecule has 2 aromatic rings. The maximum atomic E-state index is 9.85. The van der Waals surface area contributed by atoms with E-state index in [4.69, 9.17) is 18.9 Å². The zero-order chi connectivity index (χ0) is 19.7. The molecule has 2 heterocycles. The molecule has 4 N–H and O–H groups in total. The lowest BCUT2D eigenvalue weighted by molar-refractivity contribution is -0.387. The fraction of sp³-hybridized carbons (Fsp3) is 0.400. The summed E-state index contributed by atoms with van der Waals surface area (Å²) in [6.45, 7) is -0.612. The minimum Gasteiger partial charge on any atom is -0.508 e. The van der Waals surface area contributed by atoms with Gasteiger partial charge >= 0.3 is 0 Å². The molecule has 8 nitrogen and oxygen atoms in total. The molecule has 2 aliphatic rings. The van der Waals surface area contributed by atoms with Crippen LogP contribution in [-0.2, 0) is 18.9 Å². The maximum absolute atomic E-state index is 9.85. The highest BCUT2D eigenvalue weighted by molar-refractivity contribution is 5.28. The van der Waals surface area contributed by atoms with Gasteiger partial charge in [-0.2, -0.15) is 0 Å². The van der Waals surface area contributed by atoms with E-state index < -0.39 is 37.0 Å². The largest absolute Gasteiger partial charge is 0.508 e. The van der Waals surface area contributed by atoms with Gasteiger partial charge in [-0.25, -0.2) is 0 Å². The molecule has 0 radical (unpaired) electrons. The Bertz CT molecular complexity index is 710. The van der Waals surface area contributed by atoms with Crippen LogP contribution in [0.3, 0.4) is 0 Å². The molecule has 2 aliphatic heterocycles. The molecule has 0 amide bonds. The number of hydrogen-bond acceptors (Lipinski definition) is 8. The molecule has 0 aromatic heterocycles. The number of hydrogen-bond donors (Lipinski definition) is 4. The van der Waals surface area contributed by atoms with E-state index in [1.54, 1.807) is 24.3 Å². The minimum absolute atomic E-state index is 0.116. The van der Waals surface area contributed by atoms with E-state index in [9.17, 15) is 20.4 Å². The summed E-state index contributed by atoms with van der Waals surface area (Å²) in [5, 5.41) is 38.6. The summed E-state index contributed by atoms with van der Waals surface area (Å²) in [4.78, 5) is 0. The molecule has 4 rings (SSSR count). The Morgan fingerprint density at radius 2 is 0.929 bits per heavy atom. The lowest BCUT2D eigenvalue weighted by Crippen LogP contribution is -2.59. The molecular weight excluding hydrogens is 368 g/mol. The number of fused-ring (bicyclic) bond motifs is 1. The van der Waals surface area contributed by atoms with Crippen LogP contribution in [0, 0.1) is 0 Å². The molecular formula is C20H22O8. The Morgan fingerprint density at radius 1 is 0.571 bits per heavy atom. The van der Waals surface area contributed by atoms with Crippen LogP contribution in [0.1, 0.15) is 23.7 Å². The summed E-state index contributed by atoms with van der Waals surface area (Å²) >= 11 is 0. The quantitative estimate of drug-likeness (QED) is 0.618. The number of ether oxygens (including phenoxy) is 4. The zero-order valence-corrected chi connectivity index (χ0v) is 14.9. The van der Waals surface area contributed by atoms with Crippen LogP contribution in [0.2, 0.25) is 0 Å². The molecule has 28 heavy (non-hydrogen) atoms. The Labute approximate surface area is 161 Å². The van der Waals surface area contributed by atoms with E-state index >= 15 is 0 Å². The van der Waals surface area contributed by atoms with Crippen molar-refractivity contribution in [3.05, 3.63) is 59.7 Å². The van der Waals surface area contributed by atoms with E-state index in [-0.39, 0.29) is 24.7 Å². The monoisotopic (exact) mass is 390 g/mol. The van der Waals surface area contributed by atoms with E-state index in [0.29, 0.717) is 11.1 Å². The molecule has 2 unspecified atom stereocenters. The Kier molecular flexibility index (Phi) is 5.49. The van der Waals surface area contributed by atoms with Crippen LogP contribution in [0.25, 0.3) is 0 Å². The Morgan fingerprint density at radius 3 is 1.25 bits per heavy atom. The first kappa shape index (κ1) is 19.1. The first-order valence-corrected chi connectivity index (χ1v) is 9.00. The average Bonchev–Trinajstić information content (AvgIpc) is 2.73. The van der Waals surface area contributed by atoms with Crippen molar-refractivity contribution in [2.45, 2.75) is 37.0 Å². The van der Waals surface area contributed by atoms with Crippen LogP contribution in [-0.4, -0.2) is 58.1 Å². The smallest absolute Gasteiger partial charge is 0.184 e. The third-order valence-corrected chi connectivity index (χ3v) is 4.91. The van der Waals surface area contributed by atoms with Crippen molar-refractivity contribution in [1.82, 2.24) is 0 Å². The standard InChI is InChI=1S/C20H22O8/c21-9-15-18-17(27-19(25-15)11-1-5-13(23)6-2-11)16(10-22)26-20(28-18)12-3-7-14(24)8-4-12/h1-8,15-24H,9-10H2/t15-,16+,17-,18-,19?,20?/m1/s1. The fourth-order valence-electron chi connectivity index (χ4n) is 3.45. The van der Waals surface area contributed by atoms with E-state index in [0.717, 1.165) is 0 Å². The molecule has 6 atom stereocenters. The third kappa shape index (κ3) is 3.70. The van der Waals surface area contributed by atoms with Gasteiger partial charge in [0.15, 0.2) is 12.6 Å². The topological polar surface area (TPSA) is 118 Å². The van der Waals surface area contributed by atoms with Crippen molar-refractivity contribution in [1.29, 1.82) is 0 Å². The predicted molar refractivity (Wildman–Crippen MR) is 95.4 cm³/mol. The van der Waals surface area contributed by atoms with Gasteiger partial charge in [0, 0.05) is 11.1 Å². The predicted octanol–water partition coefficient (Wildman–Crippen LogP) is 1.35. The first-order valence-electron chi connectivity index (χ1n) is 9.00. The number of rotatable bonds is 4. The van der Waals surface area contributed by atoms with Crippen molar-refractivity contribution in [3.63, 3.8) is 0 Å². The maximum Gasteiger partial charge on any atom is 0.184 e. The highest BCUT2D eigenvalue weighted by Gasteiger charge is 2.49. The van der Waals surface area contributed by atoms with Crippen molar-refractivity contribution >= 4 is 0 Å². The van der Waals surface area contributed by atoms with E-state index in [2.05, 4.69) is 0 Å². The van der Waals surface area contributed by atoms with Crippen molar-refractivity contribution in [3.8, 4) is 11.5 Å². The number of aliphatic hydroxyl groups excluding tert-OH is 2.